The number of hydrogen-bond donors (Lipinski definition) is 0. The van der Waals surface area contributed by atoms with Gasteiger partial charge in [-0.15, -0.1) is 0 Å². The van der Waals surface area contributed by atoms with Crippen molar-refractivity contribution in [3.05, 3.63) is 0 Å². The zero-order chi connectivity index (χ0) is 43.6. The number of amides is 4. The molecule has 5 rings (SSSR count). The first-order valence-electron chi connectivity index (χ1n) is 23.2. The fourth-order valence-corrected chi connectivity index (χ4v) is 19.0. The van der Waals surface area contributed by atoms with E-state index in [1.165, 1.54) is 0 Å². The predicted molar refractivity (Wildman–Crippen MR) is 235 cm³/mol. The molecule has 0 bridgehead atoms. The predicted octanol–water partition coefficient (Wildman–Crippen LogP) is 3.89. The van der Waals surface area contributed by atoms with Crippen molar-refractivity contribution in [2.45, 2.75) is 104 Å². The van der Waals surface area contributed by atoms with E-state index < -0.39 is 57.9 Å². The Hall–Kier alpha value is -1.57. The van der Waals surface area contributed by atoms with Gasteiger partial charge in [-0.05, 0) is 48.4 Å². The van der Waals surface area contributed by atoms with Crippen LogP contribution in [0.5, 0.6) is 0 Å². The van der Waals surface area contributed by atoms with Crippen LogP contribution in [-0.2, 0) is 54.6 Å². The van der Waals surface area contributed by atoms with E-state index in [0.717, 1.165) is 48.4 Å². The van der Waals surface area contributed by atoms with Gasteiger partial charge >= 0.3 is 34.2 Å². The van der Waals surface area contributed by atoms with Gasteiger partial charge in [0.05, 0.1) is 76.5 Å². The standard InChI is InChI=1S/C40H76N4O12Si4/c1-9-57(10-2)49-25-17-41(18-26-50-57)37(45)33-34(38(46)42-19-27-51-58(11-3,12-4)52-28-20-42)36(40(48)44-23-31-55-60(15-7,16-8)56-32-24-44)35(33)39(47)43-21-29-53-59(13-5,14-6)54-30-22-43/h33-36H,9-32H2,1-8H3. The summed E-state index contributed by atoms with van der Waals surface area (Å²) in [4.78, 5) is 67.2. The van der Waals surface area contributed by atoms with Gasteiger partial charge in [-0.1, -0.05) is 55.4 Å². The third-order valence-corrected chi connectivity index (χ3v) is 28.5. The van der Waals surface area contributed by atoms with Crippen LogP contribution in [0.2, 0.25) is 48.4 Å². The van der Waals surface area contributed by atoms with Crippen LogP contribution in [0.25, 0.3) is 0 Å². The third-order valence-electron chi connectivity index (χ3n) is 14.1. The quantitative estimate of drug-likeness (QED) is 0.261. The zero-order valence-electron chi connectivity index (χ0n) is 38.0. The van der Waals surface area contributed by atoms with E-state index in [-0.39, 0.29) is 23.6 Å². The Morgan fingerprint density at radius 3 is 0.567 bits per heavy atom. The molecule has 20 heteroatoms. The van der Waals surface area contributed by atoms with Gasteiger partial charge in [0.1, 0.15) is 0 Å². The number of carbonyl (C=O) groups excluding carboxylic acids is 4. The molecule has 4 saturated heterocycles. The molecule has 0 unspecified atom stereocenters. The van der Waals surface area contributed by atoms with Crippen LogP contribution in [0.3, 0.4) is 0 Å². The van der Waals surface area contributed by atoms with Crippen molar-refractivity contribution in [3.8, 4) is 0 Å². The lowest BCUT2D eigenvalue weighted by atomic mass is 9.54. The molecule has 5 aliphatic rings. The molecule has 0 spiro atoms. The number of rotatable bonds is 12. The zero-order valence-corrected chi connectivity index (χ0v) is 42.0. The Morgan fingerprint density at radius 2 is 0.450 bits per heavy atom. The molecule has 0 aromatic rings. The lowest BCUT2D eigenvalue weighted by molar-refractivity contribution is -0.184. The monoisotopic (exact) mass is 916 g/mol. The minimum Gasteiger partial charge on any atom is -0.392 e. The average molecular weight is 917 g/mol. The molecular formula is C40H76N4O12Si4. The van der Waals surface area contributed by atoms with Crippen LogP contribution >= 0.6 is 0 Å². The van der Waals surface area contributed by atoms with Gasteiger partial charge in [0, 0.05) is 52.4 Å². The molecule has 344 valence electrons. The number of nitrogens with zero attached hydrogens (tertiary/aromatic N) is 4. The Kier molecular flexibility index (Phi) is 18.4. The highest BCUT2D eigenvalue weighted by Crippen LogP contribution is 2.50. The smallest absolute Gasteiger partial charge is 0.337 e. The van der Waals surface area contributed by atoms with Crippen molar-refractivity contribution in [3.63, 3.8) is 0 Å². The molecule has 4 heterocycles. The van der Waals surface area contributed by atoms with E-state index in [9.17, 15) is 0 Å². The minimum atomic E-state index is -2.39. The van der Waals surface area contributed by atoms with Gasteiger partial charge in [0.15, 0.2) is 0 Å². The van der Waals surface area contributed by atoms with Crippen molar-refractivity contribution < 1.29 is 54.6 Å². The molecule has 16 nitrogen and oxygen atoms in total. The molecule has 0 aromatic carbocycles. The van der Waals surface area contributed by atoms with E-state index in [1.54, 1.807) is 19.6 Å². The summed E-state index contributed by atoms with van der Waals surface area (Å²) in [6.07, 6.45) is 0. The van der Waals surface area contributed by atoms with E-state index in [0.29, 0.717) is 105 Å². The highest BCUT2D eigenvalue weighted by Gasteiger charge is 2.65. The van der Waals surface area contributed by atoms with Gasteiger partial charge in [0.2, 0.25) is 23.6 Å². The minimum absolute atomic E-state index is 0.294. The Bertz CT molecular complexity index is 1170. The normalized spacial score (nSPS) is 28.9. The highest BCUT2D eigenvalue weighted by atomic mass is 28.4. The largest absolute Gasteiger partial charge is 0.392 e. The van der Waals surface area contributed by atoms with Crippen molar-refractivity contribution in [2.75, 3.05) is 105 Å². The molecule has 0 atom stereocenters. The van der Waals surface area contributed by atoms with Gasteiger partial charge < -0.3 is 55.0 Å². The van der Waals surface area contributed by atoms with E-state index in [2.05, 4.69) is 55.4 Å². The SMILES string of the molecule is CC[Si]1(CC)OCCN(C(=O)C2C(C(=O)N3CCO[Si](CC)(CC)OCC3)C(C(=O)N3CCO[Si](CC)(CC)OCC3)C2C(=O)N2CCO[Si](CC)(CC)OCC2)CCO1. The maximum absolute atomic E-state index is 15.1. The molecule has 4 amide bonds. The maximum atomic E-state index is 15.1. The van der Waals surface area contributed by atoms with Crippen molar-refractivity contribution in [2.24, 2.45) is 23.7 Å². The molecule has 4 aliphatic heterocycles. The summed E-state index contributed by atoms with van der Waals surface area (Å²) >= 11 is 0. The first kappa shape index (κ1) is 49.4. The maximum Gasteiger partial charge on any atom is 0.337 e. The summed E-state index contributed by atoms with van der Waals surface area (Å²) in [6, 6.07) is 6.42. The van der Waals surface area contributed by atoms with Gasteiger partial charge in [-0.25, -0.2) is 0 Å². The van der Waals surface area contributed by atoms with Gasteiger partial charge in [-0.3, -0.25) is 19.2 Å². The number of carbonyl (C=O) groups is 4. The molecule has 0 radical (unpaired) electrons. The second-order valence-electron chi connectivity index (χ2n) is 16.7. The summed E-state index contributed by atoms with van der Waals surface area (Å²) < 4.78 is 51.0. The summed E-state index contributed by atoms with van der Waals surface area (Å²) in [6.45, 7) is 21.4. The fraction of sp³-hybridized carbons (Fsp3) is 0.900. The average Bonchev–Trinajstić information content (AvgIpc) is 3.21. The summed E-state index contributed by atoms with van der Waals surface area (Å²) in [7, 11) is -9.57. The lowest BCUT2D eigenvalue weighted by Gasteiger charge is -2.53. The summed E-state index contributed by atoms with van der Waals surface area (Å²) in [5.74, 6) is -5.68. The van der Waals surface area contributed by atoms with Crippen molar-refractivity contribution >= 4 is 57.9 Å². The van der Waals surface area contributed by atoms with Crippen LogP contribution in [0.4, 0.5) is 0 Å². The Labute approximate surface area is 363 Å². The van der Waals surface area contributed by atoms with Crippen molar-refractivity contribution in [1.82, 2.24) is 19.6 Å². The fourth-order valence-electron chi connectivity index (χ4n) is 9.68. The van der Waals surface area contributed by atoms with Crippen molar-refractivity contribution in [1.29, 1.82) is 0 Å². The molecule has 1 saturated carbocycles. The van der Waals surface area contributed by atoms with Crippen LogP contribution < -0.4 is 0 Å². The summed E-state index contributed by atoms with van der Waals surface area (Å²) in [5, 5.41) is 0. The topological polar surface area (TPSA) is 155 Å². The van der Waals surface area contributed by atoms with Crippen LogP contribution in [0.15, 0.2) is 0 Å². The molecule has 60 heavy (non-hydrogen) atoms. The van der Waals surface area contributed by atoms with E-state index in [1.807, 2.05) is 0 Å². The molecular weight excluding hydrogens is 841 g/mol. The molecule has 5 fully saturated rings. The highest BCUT2D eigenvalue weighted by molar-refractivity contribution is 6.68. The van der Waals surface area contributed by atoms with E-state index >= 15 is 19.2 Å². The Balaban J connectivity index is 1.50. The lowest BCUT2D eigenvalue weighted by Crippen LogP contribution is -2.69. The Morgan fingerprint density at radius 1 is 0.317 bits per heavy atom. The van der Waals surface area contributed by atoms with Gasteiger partial charge in [-0.2, -0.15) is 0 Å². The first-order chi connectivity index (χ1) is 28.9. The van der Waals surface area contributed by atoms with Crippen LogP contribution in [0, 0.1) is 23.7 Å². The molecule has 0 N–H and O–H groups in total. The second-order valence-corrected chi connectivity index (χ2v) is 31.9. The molecule has 1 aliphatic carbocycles. The van der Waals surface area contributed by atoms with Gasteiger partial charge in [0.25, 0.3) is 0 Å². The number of hydrogen-bond acceptors (Lipinski definition) is 12. The molecule has 0 aromatic heterocycles. The summed E-state index contributed by atoms with van der Waals surface area (Å²) in [5.41, 5.74) is 0. The van der Waals surface area contributed by atoms with Crippen LogP contribution in [-0.4, -0.2) is 183 Å². The van der Waals surface area contributed by atoms with Crippen LogP contribution in [0.1, 0.15) is 55.4 Å². The third kappa shape index (κ3) is 10.8. The second kappa shape index (κ2) is 22.4. The first-order valence-corrected chi connectivity index (χ1v) is 32.1. The van der Waals surface area contributed by atoms with E-state index in [4.69, 9.17) is 35.4 Å².